The zero-order chi connectivity index (χ0) is 24.0. The van der Waals surface area contributed by atoms with Gasteiger partial charge in [0.05, 0.1) is 36.2 Å². The molecule has 2 saturated heterocycles. The lowest BCUT2D eigenvalue weighted by Crippen LogP contribution is -2.40. The van der Waals surface area contributed by atoms with Gasteiger partial charge in [0.1, 0.15) is 11.9 Å². The zero-order valence-corrected chi connectivity index (χ0v) is 18.1. The molecule has 1 saturated carbocycles. The van der Waals surface area contributed by atoms with Gasteiger partial charge in [-0.25, -0.2) is 9.37 Å². The lowest BCUT2D eigenvalue weighted by Gasteiger charge is -2.25. The molecular formula is C23H22F4N4O3. The van der Waals surface area contributed by atoms with E-state index in [9.17, 15) is 27.2 Å². The van der Waals surface area contributed by atoms with Crippen LogP contribution in [0.1, 0.15) is 53.2 Å². The number of amides is 2. The van der Waals surface area contributed by atoms with Gasteiger partial charge < -0.3 is 14.5 Å². The number of hydrogen-bond donors (Lipinski definition) is 0. The van der Waals surface area contributed by atoms with Crippen molar-refractivity contribution in [3.05, 3.63) is 53.2 Å². The molecule has 0 N–H and O–H groups in total. The maximum Gasteiger partial charge on any atom is 0.419 e. The fourth-order valence-electron chi connectivity index (χ4n) is 4.55. The van der Waals surface area contributed by atoms with Crippen molar-refractivity contribution in [2.24, 2.45) is 0 Å². The van der Waals surface area contributed by atoms with Crippen LogP contribution in [0.3, 0.4) is 0 Å². The summed E-state index contributed by atoms with van der Waals surface area (Å²) in [5.41, 5.74) is -0.676. The van der Waals surface area contributed by atoms with Crippen LogP contribution < -0.4 is 4.74 Å². The van der Waals surface area contributed by atoms with Crippen LogP contribution in [0.25, 0.3) is 0 Å². The Kier molecular flexibility index (Phi) is 5.65. The number of fused-ring (bicyclic) bond motifs is 1. The Morgan fingerprint density at radius 1 is 1.12 bits per heavy atom. The number of carbonyl (C=O) groups excluding carboxylic acids is 2. The van der Waals surface area contributed by atoms with E-state index in [4.69, 9.17) is 4.74 Å². The van der Waals surface area contributed by atoms with Gasteiger partial charge in [-0.15, -0.1) is 0 Å². The molecule has 34 heavy (non-hydrogen) atoms. The minimum Gasteiger partial charge on any atom is -0.471 e. The summed E-state index contributed by atoms with van der Waals surface area (Å²) in [6.07, 6.45) is 0.867. The van der Waals surface area contributed by atoms with Crippen LogP contribution in [0.2, 0.25) is 0 Å². The highest BCUT2D eigenvalue weighted by molar-refractivity contribution is 5.95. The summed E-state index contributed by atoms with van der Waals surface area (Å²) in [6.45, 7) is 0.624. The van der Waals surface area contributed by atoms with Crippen molar-refractivity contribution in [3.8, 4) is 5.88 Å². The monoisotopic (exact) mass is 478 g/mol. The van der Waals surface area contributed by atoms with Crippen LogP contribution in [0.15, 0.2) is 30.6 Å². The standard InChI is InChI=1S/C23H22F4N4O3/c24-18-7-14(3-4-17(18)23(25,26)27)22(33)30-6-5-21(32)31-12-16(8-15(31)11-30)34-20-10-28-19(9-29-20)13-1-2-13/h3-4,7,9-10,13,15-16H,1-2,5-6,8,11-12H2. The van der Waals surface area contributed by atoms with Crippen molar-refractivity contribution in [3.63, 3.8) is 0 Å². The second-order valence-electron chi connectivity index (χ2n) is 8.92. The molecule has 0 bridgehead atoms. The number of hydrogen-bond acceptors (Lipinski definition) is 5. The molecule has 7 nitrogen and oxygen atoms in total. The van der Waals surface area contributed by atoms with Gasteiger partial charge in [-0.05, 0) is 31.0 Å². The van der Waals surface area contributed by atoms with Crippen LogP contribution in [0.4, 0.5) is 17.6 Å². The number of benzene rings is 1. The first-order chi connectivity index (χ1) is 16.2. The van der Waals surface area contributed by atoms with Gasteiger partial charge in [-0.1, -0.05) is 0 Å². The highest BCUT2D eigenvalue weighted by Crippen LogP contribution is 2.38. The fraction of sp³-hybridized carbons (Fsp3) is 0.478. The molecule has 1 aliphatic carbocycles. The molecule has 3 heterocycles. The van der Waals surface area contributed by atoms with Crippen molar-refractivity contribution in [2.75, 3.05) is 19.6 Å². The summed E-state index contributed by atoms with van der Waals surface area (Å²) < 4.78 is 58.4. The molecule has 1 aromatic heterocycles. The first-order valence-corrected chi connectivity index (χ1v) is 11.1. The predicted octanol–water partition coefficient (Wildman–Crippen LogP) is 3.41. The Morgan fingerprint density at radius 2 is 1.91 bits per heavy atom. The Morgan fingerprint density at radius 3 is 2.56 bits per heavy atom. The van der Waals surface area contributed by atoms with Crippen molar-refractivity contribution in [2.45, 2.75) is 49.9 Å². The van der Waals surface area contributed by atoms with Crippen LogP contribution in [-0.2, 0) is 11.0 Å². The molecule has 180 valence electrons. The van der Waals surface area contributed by atoms with E-state index in [1.807, 2.05) is 0 Å². The first kappa shape index (κ1) is 22.5. The van der Waals surface area contributed by atoms with Crippen molar-refractivity contribution in [1.82, 2.24) is 19.8 Å². The van der Waals surface area contributed by atoms with Crippen molar-refractivity contribution in [1.29, 1.82) is 0 Å². The van der Waals surface area contributed by atoms with Gasteiger partial charge in [0.2, 0.25) is 11.8 Å². The summed E-state index contributed by atoms with van der Waals surface area (Å²) in [4.78, 5) is 37.3. The average Bonchev–Trinajstić information content (AvgIpc) is 3.58. The van der Waals surface area contributed by atoms with E-state index in [0.29, 0.717) is 36.9 Å². The summed E-state index contributed by atoms with van der Waals surface area (Å²) in [7, 11) is 0. The average molecular weight is 478 g/mol. The lowest BCUT2D eigenvalue weighted by molar-refractivity contribution is -0.140. The molecule has 0 radical (unpaired) electrons. The summed E-state index contributed by atoms with van der Waals surface area (Å²) >= 11 is 0. The van der Waals surface area contributed by atoms with Gasteiger partial charge in [-0.3, -0.25) is 14.6 Å². The fourth-order valence-corrected chi connectivity index (χ4v) is 4.55. The Labute approximate surface area is 192 Å². The lowest BCUT2D eigenvalue weighted by atomic mass is 10.1. The SMILES string of the molecule is O=C(c1ccc(C(F)(F)F)c(F)c1)N1CCC(=O)N2CC(Oc3cnc(C4CC4)cn3)CC2C1. The summed E-state index contributed by atoms with van der Waals surface area (Å²) in [5.74, 6) is -1.42. The van der Waals surface area contributed by atoms with E-state index in [1.54, 1.807) is 17.3 Å². The highest BCUT2D eigenvalue weighted by atomic mass is 19.4. The predicted molar refractivity (Wildman–Crippen MR) is 110 cm³/mol. The molecule has 2 aliphatic heterocycles. The number of nitrogens with zero attached hydrogens (tertiary/aromatic N) is 4. The van der Waals surface area contributed by atoms with Crippen LogP contribution in [0, 0.1) is 5.82 Å². The van der Waals surface area contributed by atoms with E-state index in [2.05, 4.69) is 9.97 Å². The topological polar surface area (TPSA) is 75.6 Å². The number of ether oxygens (including phenoxy) is 1. The minimum absolute atomic E-state index is 0.0635. The normalized spacial score (nSPS) is 23.0. The Bertz CT molecular complexity index is 1100. The van der Waals surface area contributed by atoms with Gasteiger partial charge >= 0.3 is 6.18 Å². The summed E-state index contributed by atoms with van der Waals surface area (Å²) in [5, 5.41) is 0. The minimum atomic E-state index is -4.84. The zero-order valence-electron chi connectivity index (χ0n) is 18.1. The molecular weight excluding hydrogens is 456 g/mol. The third-order valence-electron chi connectivity index (χ3n) is 6.46. The van der Waals surface area contributed by atoms with E-state index in [-0.39, 0.29) is 43.1 Å². The molecule has 3 fully saturated rings. The molecule has 11 heteroatoms. The number of aromatic nitrogens is 2. The quantitative estimate of drug-likeness (QED) is 0.630. The molecule has 2 atom stereocenters. The molecule has 2 amide bonds. The highest BCUT2D eigenvalue weighted by Gasteiger charge is 2.41. The second kappa shape index (κ2) is 8.52. The second-order valence-corrected chi connectivity index (χ2v) is 8.92. The Balaban J connectivity index is 1.26. The van der Waals surface area contributed by atoms with Gasteiger partial charge in [0.15, 0.2) is 0 Å². The van der Waals surface area contributed by atoms with E-state index >= 15 is 0 Å². The van der Waals surface area contributed by atoms with Crippen LogP contribution >= 0.6 is 0 Å². The molecule has 1 aromatic carbocycles. The van der Waals surface area contributed by atoms with Crippen molar-refractivity contribution >= 4 is 11.8 Å². The Hall–Kier alpha value is -3.24. The number of alkyl halides is 3. The number of halogens is 4. The molecule has 2 aromatic rings. The number of rotatable bonds is 4. The molecule has 2 unspecified atom stereocenters. The van der Waals surface area contributed by atoms with Gasteiger partial charge in [0, 0.05) is 37.4 Å². The third kappa shape index (κ3) is 4.55. The molecule has 5 rings (SSSR count). The van der Waals surface area contributed by atoms with Crippen LogP contribution in [0.5, 0.6) is 5.88 Å². The maximum absolute atomic E-state index is 14.0. The van der Waals surface area contributed by atoms with Crippen LogP contribution in [-0.4, -0.2) is 63.4 Å². The maximum atomic E-state index is 14.0. The van der Waals surface area contributed by atoms with E-state index < -0.39 is 23.5 Å². The van der Waals surface area contributed by atoms with E-state index in [0.717, 1.165) is 24.6 Å². The smallest absolute Gasteiger partial charge is 0.419 e. The third-order valence-corrected chi connectivity index (χ3v) is 6.46. The summed E-state index contributed by atoms with van der Waals surface area (Å²) in [6, 6.07) is 1.80. The van der Waals surface area contributed by atoms with Crippen molar-refractivity contribution < 1.29 is 31.9 Å². The largest absolute Gasteiger partial charge is 0.471 e. The molecule has 3 aliphatic rings. The first-order valence-electron chi connectivity index (χ1n) is 11.1. The number of carbonyl (C=O) groups is 2. The van der Waals surface area contributed by atoms with Gasteiger partial charge in [0.25, 0.3) is 5.91 Å². The van der Waals surface area contributed by atoms with Gasteiger partial charge in [-0.2, -0.15) is 13.2 Å². The van der Waals surface area contributed by atoms with E-state index in [1.165, 1.54) is 4.90 Å². The molecule has 0 spiro atoms.